The molecule has 1 N–H and O–H groups in total. The van der Waals surface area contributed by atoms with E-state index >= 15 is 0 Å². The average molecular weight is 276 g/mol. The molecule has 0 aliphatic rings. The van der Waals surface area contributed by atoms with Gasteiger partial charge in [-0.3, -0.25) is 4.79 Å². The van der Waals surface area contributed by atoms with Crippen LogP contribution in [0.1, 0.15) is 70.6 Å². The Kier molecular flexibility index (Phi) is 14.4. The third-order valence-electron chi connectivity index (χ3n) is 3.02. The summed E-state index contributed by atoms with van der Waals surface area (Å²) in [6.45, 7) is 3.70. The molecule has 0 aromatic rings. The van der Waals surface area contributed by atoms with Gasteiger partial charge in [0, 0.05) is 12.8 Å². The number of carboxylic acids is 1. The van der Waals surface area contributed by atoms with Crippen molar-refractivity contribution < 1.29 is 9.90 Å². The number of unbranched alkanes of at least 4 members (excludes halogenated alkanes) is 8. The molecule has 0 saturated carbocycles. The molecule has 0 radical (unpaired) electrons. The van der Waals surface area contributed by atoms with E-state index < -0.39 is 5.97 Å². The van der Waals surface area contributed by atoms with Gasteiger partial charge in [-0.15, -0.1) is 6.58 Å². The first-order valence-electron chi connectivity index (χ1n) is 7.73. The molecule has 0 saturated heterocycles. The minimum atomic E-state index is -0.688. The van der Waals surface area contributed by atoms with Crippen molar-refractivity contribution in [1.29, 1.82) is 0 Å². The van der Waals surface area contributed by atoms with Crippen molar-refractivity contribution in [1.82, 2.24) is 0 Å². The molecule has 0 aromatic heterocycles. The number of hydrogen-bond donors (Lipinski definition) is 1. The van der Waals surface area contributed by atoms with Gasteiger partial charge in [-0.05, 0) is 44.6 Å². The second kappa shape index (κ2) is 15.6. The molecule has 0 spiro atoms. The Labute approximate surface area is 124 Å². The molecule has 0 bridgehead atoms. The number of allylic oxidation sites excluding steroid dienone is 3. The zero-order valence-electron chi connectivity index (χ0n) is 12.6. The summed E-state index contributed by atoms with van der Waals surface area (Å²) in [5, 5.41) is 8.49. The van der Waals surface area contributed by atoms with E-state index in [1.807, 2.05) is 12.2 Å². The SMILES string of the molecule is C=CCCCCC=CC#CCCCCCCCC(=O)O. The normalized spacial score (nSPS) is 10.2. The van der Waals surface area contributed by atoms with E-state index in [1.54, 1.807) is 0 Å². The quantitative estimate of drug-likeness (QED) is 0.305. The fourth-order valence-corrected chi connectivity index (χ4v) is 1.84. The van der Waals surface area contributed by atoms with Gasteiger partial charge in [0.05, 0.1) is 0 Å². The predicted octanol–water partition coefficient (Wildman–Crippen LogP) is 5.11. The standard InChI is InChI=1S/C18H28O2/c1-2-3-4-5-6-7-8-9-10-11-12-13-14-15-16-17-18(19)20/h2,7-8H,1,3-6,11-17H2,(H,19,20). The van der Waals surface area contributed by atoms with Crippen molar-refractivity contribution in [3.05, 3.63) is 24.8 Å². The van der Waals surface area contributed by atoms with E-state index in [-0.39, 0.29) is 0 Å². The van der Waals surface area contributed by atoms with Gasteiger partial charge in [-0.2, -0.15) is 0 Å². The summed E-state index contributed by atoms with van der Waals surface area (Å²) in [4.78, 5) is 10.3. The van der Waals surface area contributed by atoms with E-state index in [0.717, 1.165) is 51.4 Å². The topological polar surface area (TPSA) is 37.3 Å². The minimum absolute atomic E-state index is 0.303. The number of carboxylic acid groups (broad SMARTS) is 1. The Balaban J connectivity index is 3.25. The Morgan fingerprint density at radius 3 is 2.45 bits per heavy atom. The summed E-state index contributed by atoms with van der Waals surface area (Å²) in [6.07, 6.45) is 17.1. The Morgan fingerprint density at radius 1 is 1.00 bits per heavy atom. The molecule has 2 nitrogen and oxygen atoms in total. The maximum absolute atomic E-state index is 10.3. The molecule has 0 aromatic carbocycles. The fraction of sp³-hybridized carbons (Fsp3) is 0.611. The Hall–Kier alpha value is -1.49. The van der Waals surface area contributed by atoms with Crippen LogP contribution in [0.5, 0.6) is 0 Å². The number of carbonyl (C=O) groups is 1. The van der Waals surface area contributed by atoms with Crippen molar-refractivity contribution in [3.63, 3.8) is 0 Å². The van der Waals surface area contributed by atoms with Crippen LogP contribution in [0.15, 0.2) is 24.8 Å². The van der Waals surface area contributed by atoms with Gasteiger partial charge >= 0.3 is 5.97 Å². The third kappa shape index (κ3) is 16.5. The van der Waals surface area contributed by atoms with Crippen LogP contribution in [-0.2, 0) is 4.79 Å². The molecule has 0 heterocycles. The predicted molar refractivity (Wildman–Crippen MR) is 85.5 cm³/mol. The molecule has 0 rings (SSSR count). The first-order valence-corrected chi connectivity index (χ1v) is 7.73. The monoisotopic (exact) mass is 276 g/mol. The third-order valence-corrected chi connectivity index (χ3v) is 3.02. The van der Waals surface area contributed by atoms with E-state index in [4.69, 9.17) is 5.11 Å². The van der Waals surface area contributed by atoms with Crippen LogP contribution in [0.3, 0.4) is 0 Å². The van der Waals surface area contributed by atoms with Crippen LogP contribution in [0.25, 0.3) is 0 Å². The van der Waals surface area contributed by atoms with Gasteiger partial charge in [0.25, 0.3) is 0 Å². The van der Waals surface area contributed by atoms with E-state index in [1.165, 1.54) is 12.8 Å². The maximum Gasteiger partial charge on any atom is 0.303 e. The lowest BCUT2D eigenvalue weighted by Crippen LogP contribution is -1.93. The molecule has 20 heavy (non-hydrogen) atoms. The summed E-state index contributed by atoms with van der Waals surface area (Å²) in [5.41, 5.74) is 0. The molecular weight excluding hydrogens is 248 g/mol. The Morgan fingerprint density at radius 2 is 1.70 bits per heavy atom. The molecule has 0 aliphatic heterocycles. The summed E-state index contributed by atoms with van der Waals surface area (Å²) in [6, 6.07) is 0. The van der Waals surface area contributed by atoms with Gasteiger partial charge in [0.2, 0.25) is 0 Å². The molecule has 2 heteroatoms. The largest absolute Gasteiger partial charge is 0.481 e. The van der Waals surface area contributed by atoms with Gasteiger partial charge in [0.15, 0.2) is 0 Å². The van der Waals surface area contributed by atoms with Gasteiger partial charge in [-0.1, -0.05) is 43.3 Å². The first-order chi connectivity index (χ1) is 9.77. The summed E-state index contributed by atoms with van der Waals surface area (Å²) in [7, 11) is 0. The molecule has 0 amide bonds. The lowest BCUT2D eigenvalue weighted by atomic mass is 10.1. The summed E-state index contributed by atoms with van der Waals surface area (Å²) >= 11 is 0. The van der Waals surface area contributed by atoms with E-state index in [0.29, 0.717) is 6.42 Å². The van der Waals surface area contributed by atoms with Crippen LogP contribution in [0.4, 0.5) is 0 Å². The van der Waals surface area contributed by atoms with Gasteiger partial charge in [-0.25, -0.2) is 0 Å². The van der Waals surface area contributed by atoms with E-state index in [2.05, 4.69) is 24.5 Å². The molecule has 112 valence electrons. The lowest BCUT2D eigenvalue weighted by Gasteiger charge is -1.97. The van der Waals surface area contributed by atoms with E-state index in [9.17, 15) is 4.79 Å². The van der Waals surface area contributed by atoms with Gasteiger partial charge in [0.1, 0.15) is 0 Å². The summed E-state index contributed by atoms with van der Waals surface area (Å²) in [5.74, 6) is 5.53. The second-order valence-corrected chi connectivity index (χ2v) is 4.96. The molecular formula is C18H28O2. The molecule has 0 atom stereocenters. The van der Waals surface area contributed by atoms with Crippen LogP contribution in [0.2, 0.25) is 0 Å². The molecule has 0 fully saturated rings. The van der Waals surface area contributed by atoms with Crippen LogP contribution in [-0.4, -0.2) is 11.1 Å². The van der Waals surface area contributed by atoms with Crippen LogP contribution >= 0.6 is 0 Å². The smallest absolute Gasteiger partial charge is 0.303 e. The highest BCUT2D eigenvalue weighted by Gasteiger charge is 1.95. The highest BCUT2D eigenvalue weighted by Crippen LogP contribution is 2.06. The lowest BCUT2D eigenvalue weighted by molar-refractivity contribution is -0.137. The highest BCUT2D eigenvalue weighted by atomic mass is 16.4. The molecule has 0 unspecified atom stereocenters. The van der Waals surface area contributed by atoms with Crippen molar-refractivity contribution in [2.24, 2.45) is 0 Å². The van der Waals surface area contributed by atoms with Crippen LogP contribution < -0.4 is 0 Å². The zero-order chi connectivity index (χ0) is 14.9. The average Bonchev–Trinajstić information content (AvgIpc) is 2.43. The van der Waals surface area contributed by atoms with Crippen molar-refractivity contribution in [3.8, 4) is 11.8 Å². The first kappa shape index (κ1) is 18.5. The number of aliphatic carboxylic acids is 1. The van der Waals surface area contributed by atoms with Crippen molar-refractivity contribution >= 4 is 5.97 Å². The molecule has 0 aliphatic carbocycles. The fourth-order valence-electron chi connectivity index (χ4n) is 1.84. The minimum Gasteiger partial charge on any atom is -0.481 e. The highest BCUT2D eigenvalue weighted by molar-refractivity contribution is 5.66. The second-order valence-electron chi connectivity index (χ2n) is 4.96. The van der Waals surface area contributed by atoms with Gasteiger partial charge < -0.3 is 5.11 Å². The number of hydrogen-bond acceptors (Lipinski definition) is 1. The Bertz CT molecular complexity index is 331. The van der Waals surface area contributed by atoms with Crippen LogP contribution in [0, 0.1) is 11.8 Å². The van der Waals surface area contributed by atoms with Crippen molar-refractivity contribution in [2.45, 2.75) is 70.6 Å². The number of rotatable bonds is 12. The zero-order valence-corrected chi connectivity index (χ0v) is 12.6. The van der Waals surface area contributed by atoms with Crippen molar-refractivity contribution in [2.75, 3.05) is 0 Å². The summed E-state index contributed by atoms with van der Waals surface area (Å²) < 4.78 is 0. The maximum atomic E-state index is 10.3.